The number of nitrogens with zero attached hydrogens (tertiary/aromatic N) is 2. The molecule has 2 aromatic rings. The number of aromatic amines is 1. The lowest BCUT2D eigenvalue weighted by molar-refractivity contribution is 0.0722. The highest BCUT2D eigenvalue weighted by Crippen LogP contribution is 2.32. The van der Waals surface area contributed by atoms with Crippen LogP contribution in [-0.2, 0) is 6.54 Å². The molecule has 1 saturated heterocycles. The van der Waals surface area contributed by atoms with Crippen LogP contribution in [0.25, 0.3) is 0 Å². The van der Waals surface area contributed by atoms with Gasteiger partial charge in [0, 0.05) is 35.6 Å². The van der Waals surface area contributed by atoms with Crippen LogP contribution in [0.4, 0.5) is 0 Å². The first-order valence-corrected chi connectivity index (χ1v) is 8.30. The van der Waals surface area contributed by atoms with Crippen LogP contribution in [0.2, 0.25) is 0 Å². The van der Waals surface area contributed by atoms with Gasteiger partial charge in [-0.05, 0) is 53.4 Å². The Kier molecular flexibility index (Phi) is 4.19. The van der Waals surface area contributed by atoms with Crippen molar-refractivity contribution in [3.8, 4) is 0 Å². The molecule has 0 saturated carbocycles. The van der Waals surface area contributed by atoms with Crippen LogP contribution in [0.15, 0.2) is 35.1 Å². The number of aromatic nitrogens is 2. The smallest absolute Gasteiger partial charge is 0.271 e. The highest BCUT2D eigenvalue weighted by molar-refractivity contribution is 9.10. The van der Waals surface area contributed by atoms with Gasteiger partial charge in [0.15, 0.2) is 0 Å². The normalized spacial score (nSPS) is 18.4. The fraction of sp³-hybridized carbons (Fsp3) is 0.438. The Hall–Kier alpha value is -1.49. The first-order chi connectivity index (χ1) is 10.2. The Balaban J connectivity index is 1.87. The van der Waals surface area contributed by atoms with Gasteiger partial charge in [-0.1, -0.05) is 6.92 Å². The molecule has 1 amide bonds. The van der Waals surface area contributed by atoms with E-state index >= 15 is 0 Å². The molecule has 1 atom stereocenters. The number of carbonyl (C=O) groups excluding carboxylic acids is 1. The van der Waals surface area contributed by atoms with E-state index in [0.717, 1.165) is 48.2 Å². The number of hydrogen-bond acceptors (Lipinski definition) is 1. The summed E-state index contributed by atoms with van der Waals surface area (Å²) in [6.07, 6.45) is 7.03. The zero-order chi connectivity index (χ0) is 14.8. The number of amides is 1. The summed E-state index contributed by atoms with van der Waals surface area (Å²) in [7, 11) is 0. The van der Waals surface area contributed by atoms with Gasteiger partial charge >= 0.3 is 0 Å². The zero-order valence-electron chi connectivity index (χ0n) is 12.2. The Morgan fingerprint density at radius 3 is 3.10 bits per heavy atom. The summed E-state index contributed by atoms with van der Waals surface area (Å²) < 4.78 is 3.02. The number of likely N-dealkylation sites (tertiary alicyclic amines) is 1. The Morgan fingerprint density at radius 2 is 2.38 bits per heavy atom. The van der Waals surface area contributed by atoms with Gasteiger partial charge in [-0.25, -0.2) is 0 Å². The monoisotopic (exact) mass is 349 g/mol. The average Bonchev–Trinajstić information content (AvgIpc) is 3.17. The molecule has 0 radical (unpaired) electrons. The van der Waals surface area contributed by atoms with Crippen molar-refractivity contribution in [1.82, 2.24) is 14.5 Å². The van der Waals surface area contributed by atoms with Gasteiger partial charge in [0.1, 0.15) is 5.69 Å². The molecular weight excluding hydrogens is 330 g/mol. The minimum absolute atomic E-state index is 0.131. The van der Waals surface area contributed by atoms with E-state index in [-0.39, 0.29) is 11.9 Å². The van der Waals surface area contributed by atoms with Crippen molar-refractivity contribution in [3.05, 3.63) is 46.5 Å². The summed E-state index contributed by atoms with van der Waals surface area (Å²) in [5, 5.41) is 0. The molecule has 3 heterocycles. The minimum Gasteiger partial charge on any atom is -0.363 e. The molecule has 0 aromatic carbocycles. The molecule has 21 heavy (non-hydrogen) atoms. The maximum absolute atomic E-state index is 12.9. The lowest BCUT2D eigenvalue weighted by atomic mass is 10.1. The molecule has 4 nitrogen and oxygen atoms in total. The van der Waals surface area contributed by atoms with Crippen molar-refractivity contribution in [3.63, 3.8) is 0 Å². The van der Waals surface area contributed by atoms with Crippen LogP contribution in [0.5, 0.6) is 0 Å². The van der Waals surface area contributed by atoms with Crippen LogP contribution in [0, 0.1) is 0 Å². The molecule has 5 heteroatoms. The van der Waals surface area contributed by atoms with Gasteiger partial charge in [-0.15, -0.1) is 0 Å². The number of nitrogens with one attached hydrogen (secondary N) is 1. The third-order valence-corrected chi connectivity index (χ3v) is 4.48. The molecule has 1 aliphatic heterocycles. The number of aryl methyl sites for hydroxylation is 1. The molecule has 0 aliphatic carbocycles. The van der Waals surface area contributed by atoms with E-state index in [0.29, 0.717) is 0 Å². The molecule has 1 N–H and O–H groups in total. The van der Waals surface area contributed by atoms with Gasteiger partial charge < -0.3 is 14.5 Å². The fourth-order valence-electron chi connectivity index (χ4n) is 3.11. The first kappa shape index (κ1) is 14.4. The van der Waals surface area contributed by atoms with Gasteiger partial charge in [0.05, 0.1) is 6.04 Å². The van der Waals surface area contributed by atoms with Crippen molar-refractivity contribution < 1.29 is 4.79 Å². The lowest BCUT2D eigenvalue weighted by Crippen LogP contribution is -2.32. The number of H-pyrrole nitrogens is 1. The second-order valence-electron chi connectivity index (χ2n) is 5.52. The molecule has 0 spiro atoms. The standard InChI is InChI=1S/C16H20BrN3O/c1-2-8-19-11-12(17)10-15(19)16(21)20-9-4-6-14(20)13-5-3-7-18-13/h3,5,7,10-11,14,18H,2,4,6,8-9H2,1H3. The van der Waals surface area contributed by atoms with Gasteiger partial charge in [0.2, 0.25) is 0 Å². The van der Waals surface area contributed by atoms with E-state index in [1.807, 2.05) is 29.4 Å². The van der Waals surface area contributed by atoms with Crippen molar-refractivity contribution in [2.75, 3.05) is 6.54 Å². The summed E-state index contributed by atoms with van der Waals surface area (Å²) in [6.45, 7) is 3.82. The van der Waals surface area contributed by atoms with Gasteiger partial charge in [-0.2, -0.15) is 0 Å². The quantitative estimate of drug-likeness (QED) is 0.891. The summed E-state index contributed by atoms with van der Waals surface area (Å²) in [4.78, 5) is 18.2. The number of rotatable bonds is 4. The van der Waals surface area contributed by atoms with E-state index in [9.17, 15) is 4.79 Å². The summed E-state index contributed by atoms with van der Waals surface area (Å²) in [5.41, 5.74) is 1.91. The van der Waals surface area contributed by atoms with Crippen molar-refractivity contribution >= 4 is 21.8 Å². The molecule has 1 aliphatic rings. The second-order valence-corrected chi connectivity index (χ2v) is 6.43. The van der Waals surface area contributed by atoms with Crippen molar-refractivity contribution in [2.45, 2.75) is 38.8 Å². The SMILES string of the molecule is CCCn1cc(Br)cc1C(=O)N1CCCC1c1ccc[nH]1. The average molecular weight is 350 g/mol. The van der Waals surface area contributed by atoms with Gasteiger partial charge in [0.25, 0.3) is 5.91 Å². The van der Waals surface area contributed by atoms with E-state index < -0.39 is 0 Å². The van der Waals surface area contributed by atoms with Crippen LogP contribution >= 0.6 is 15.9 Å². The predicted molar refractivity (Wildman–Crippen MR) is 86.2 cm³/mol. The lowest BCUT2D eigenvalue weighted by Gasteiger charge is -2.24. The van der Waals surface area contributed by atoms with Crippen molar-refractivity contribution in [2.24, 2.45) is 0 Å². The van der Waals surface area contributed by atoms with Gasteiger partial charge in [-0.3, -0.25) is 4.79 Å². The molecule has 1 fully saturated rings. The first-order valence-electron chi connectivity index (χ1n) is 7.50. The summed E-state index contributed by atoms with van der Waals surface area (Å²) >= 11 is 3.49. The highest BCUT2D eigenvalue weighted by atomic mass is 79.9. The van der Waals surface area contributed by atoms with E-state index in [1.54, 1.807) is 0 Å². The fourth-order valence-corrected chi connectivity index (χ4v) is 3.58. The Bertz CT molecular complexity index is 618. The summed E-state index contributed by atoms with van der Waals surface area (Å²) in [6, 6.07) is 6.17. The molecule has 2 aromatic heterocycles. The minimum atomic E-state index is 0.131. The number of hydrogen-bond donors (Lipinski definition) is 1. The van der Waals surface area contributed by atoms with Crippen molar-refractivity contribution in [1.29, 1.82) is 0 Å². The third-order valence-electron chi connectivity index (χ3n) is 4.04. The maximum Gasteiger partial charge on any atom is 0.271 e. The topological polar surface area (TPSA) is 41.0 Å². The zero-order valence-corrected chi connectivity index (χ0v) is 13.8. The molecule has 0 bridgehead atoms. The summed E-state index contributed by atoms with van der Waals surface area (Å²) in [5.74, 6) is 0.131. The Morgan fingerprint density at radius 1 is 1.52 bits per heavy atom. The maximum atomic E-state index is 12.9. The largest absolute Gasteiger partial charge is 0.363 e. The Labute approximate surface area is 133 Å². The molecule has 112 valence electrons. The van der Waals surface area contributed by atoms with E-state index in [2.05, 4.69) is 38.5 Å². The third kappa shape index (κ3) is 2.79. The van der Waals surface area contributed by atoms with E-state index in [1.165, 1.54) is 0 Å². The van der Waals surface area contributed by atoms with Crippen LogP contribution in [0.3, 0.4) is 0 Å². The van der Waals surface area contributed by atoms with Crippen LogP contribution in [-0.4, -0.2) is 26.9 Å². The molecule has 3 rings (SSSR count). The highest BCUT2D eigenvalue weighted by Gasteiger charge is 2.32. The predicted octanol–water partition coefficient (Wildman–Crippen LogP) is 3.97. The van der Waals surface area contributed by atoms with Crippen LogP contribution in [0.1, 0.15) is 48.4 Å². The number of carbonyl (C=O) groups is 1. The second kappa shape index (κ2) is 6.10. The number of halogens is 1. The molecule has 1 unspecified atom stereocenters. The van der Waals surface area contributed by atoms with Crippen LogP contribution < -0.4 is 0 Å². The van der Waals surface area contributed by atoms with E-state index in [4.69, 9.17) is 0 Å². The molecular formula is C16H20BrN3O.